The molecular formula is C10H11ClN2O. The summed E-state index contributed by atoms with van der Waals surface area (Å²) < 4.78 is 0. The monoisotopic (exact) mass is 210 g/mol. The molecule has 0 unspecified atom stereocenters. The molecule has 0 atom stereocenters. The second kappa shape index (κ2) is 5.40. The average Bonchev–Trinajstić information content (AvgIpc) is 2.19. The van der Waals surface area contributed by atoms with Crippen molar-refractivity contribution in [1.29, 1.82) is 0 Å². The summed E-state index contributed by atoms with van der Waals surface area (Å²) in [6.07, 6.45) is 2.43. The molecule has 1 rings (SSSR count). The molecule has 0 aromatic heterocycles. The lowest BCUT2D eigenvalue weighted by Crippen LogP contribution is -2.17. The Morgan fingerprint density at radius 2 is 2.14 bits per heavy atom. The van der Waals surface area contributed by atoms with Crippen LogP contribution in [0.15, 0.2) is 29.4 Å². The first-order valence-electron chi connectivity index (χ1n) is 4.31. The quantitative estimate of drug-likeness (QED) is 0.604. The van der Waals surface area contributed by atoms with E-state index in [9.17, 15) is 4.79 Å². The largest absolute Gasteiger partial charge is 0.271 e. The van der Waals surface area contributed by atoms with E-state index < -0.39 is 0 Å². The van der Waals surface area contributed by atoms with Crippen LogP contribution in [0.4, 0.5) is 0 Å². The second-order valence-corrected chi connectivity index (χ2v) is 3.10. The van der Waals surface area contributed by atoms with Gasteiger partial charge >= 0.3 is 0 Å². The van der Waals surface area contributed by atoms with Crippen LogP contribution >= 0.6 is 11.6 Å². The molecule has 0 aliphatic carbocycles. The minimum Gasteiger partial charge on any atom is -0.267 e. The number of benzene rings is 1. The first-order chi connectivity index (χ1) is 6.74. The number of hydrogen-bond donors (Lipinski definition) is 1. The molecule has 0 spiro atoms. The third kappa shape index (κ3) is 3.18. The highest BCUT2D eigenvalue weighted by Crippen LogP contribution is 2.09. The van der Waals surface area contributed by atoms with Crippen molar-refractivity contribution in [2.75, 3.05) is 0 Å². The first kappa shape index (κ1) is 10.7. The maximum Gasteiger partial charge on any atom is 0.271 e. The molecule has 0 heterocycles. The summed E-state index contributed by atoms with van der Waals surface area (Å²) in [4.78, 5) is 11.4. The van der Waals surface area contributed by atoms with Crippen molar-refractivity contribution in [2.45, 2.75) is 13.3 Å². The zero-order chi connectivity index (χ0) is 10.4. The number of nitrogens with one attached hydrogen (secondary N) is 1. The molecule has 0 aliphatic rings. The highest BCUT2D eigenvalue weighted by Gasteiger charge is 2.02. The fourth-order valence-corrected chi connectivity index (χ4v) is 0.987. The molecule has 0 radical (unpaired) electrons. The lowest BCUT2D eigenvalue weighted by molar-refractivity contribution is 0.0955. The van der Waals surface area contributed by atoms with Gasteiger partial charge in [-0.25, -0.2) is 5.43 Å². The van der Waals surface area contributed by atoms with Crippen LogP contribution in [0.5, 0.6) is 0 Å². The van der Waals surface area contributed by atoms with Gasteiger partial charge in [-0.2, -0.15) is 5.10 Å². The number of carbonyl (C=O) groups is 1. The molecular weight excluding hydrogens is 200 g/mol. The van der Waals surface area contributed by atoms with Gasteiger partial charge in [-0.3, -0.25) is 4.79 Å². The van der Waals surface area contributed by atoms with Crippen molar-refractivity contribution in [2.24, 2.45) is 5.10 Å². The number of rotatable bonds is 3. The summed E-state index contributed by atoms with van der Waals surface area (Å²) in [5, 5.41) is 4.34. The summed E-state index contributed by atoms with van der Waals surface area (Å²) in [6.45, 7) is 1.94. The molecule has 0 bridgehead atoms. The smallest absolute Gasteiger partial charge is 0.267 e. The Bertz CT molecular complexity index is 332. The molecule has 0 fully saturated rings. The summed E-state index contributed by atoms with van der Waals surface area (Å²) >= 11 is 5.68. The van der Waals surface area contributed by atoms with Gasteiger partial charge in [0.2, 0.25) is 0 Å². The summed E-state index contributed by atoms with van der Waals surface area (Å²) in [7, 11) is 0. The van der Waals surface area contributed by atoms with Gasteiger partial charge in [0.05, 0.1) is 0 Å². The lowest BCUT2D eigenvalue weighted by atomic mass is 10.2. The van der Waals surface area contributed by atoms with E-state index >= 15 is 0 Å². The van der Waals surface area contributed by atoms with Gasteiger partial charge in [0.1, 0.15) is 0 Å². The third-order valence-corrected chi connectivity index (χ3v) is 1.80. The Hall–Kier alpha value is -1.35. The van der Waals surface area contributed by atoms with E-state index in [1.54, 1.807) is 30.5 Å². The van der Waals surface area contributed by atoms with Crippen LogP contribution in [0.25, 0.3) is 0 Å². The van der Waals surface area contributed by atoms with Gasteiger partial charge in [-0.1, -0.05) is 18.5 Å². The van der Waals surface area contributed by atoms with Crippen molar-refractivity contribution in [3.8, 4) is 0 Å². The average molecular weight is 211 g/mol. The van der Waals surface area contributed by atoms with Crippen molar-refractivity contribution in [3.05, 3.63) is 34.9 Å². The maximum absolute atomic E-state index is 11.4. The highest BCUT2D eigenvalue weighted by molar-refractivity contribution is 6.30. The zero-order valence-corrected chi connectivity index (χ0v) is 8.58. The van der Waals surface area contributed by atoms with E-state index in [1.165, 1.54) is 0 Å². The molecule has 0 saturated heterocycles. The molecule has 0 aliphatic heterocycles. The van der Waals surface area contributed by atoms with Crippen LogP contribution < -0.4 is 5.43 Å². The van der Waals surface area contributed by atoms with Crippen LogP contribution in [0.1, 0.15) is 23.7 Å². The van der Waals surface area contributed by atoms with Gasteiger partial charge in [0.15, 0.2) is 0 Å². The van der Waals surface area contributed by atoms with Gasteiger partial charge in [0, 0.05) is 16.8 Å². The van der Waals surface area contributed by atoms with E-state index in [-0.39, 0.29) is 5.91 Å². The third-order valence-electron chi connectivity index (χ3n) is 1.55. The van der Waals surface area contributed by atoms with Crippen molar-refractivity contribution < 1.29 is 4.79 Å². The summed E-state index contributed by atoms with van der Waals surface area (Å²) in [5.41, 5.74) is 2.95. The van der Waals surface area contributed by atoms with Crippen molar-refractivity contribution in [1.82, 2.24) is 5.43 Å². The standard InChI is InChI=1S/C10H11ClN2O/c1-2-7-12-13-10(14)8-3-5-9(11)6-4-8/h3-7H,2H2,1H3,(H,13,14)/b12-7-. The summed E-state index contributed by atoms with van der Waals surface area (Å²) in [6, 6.07) is 6.64. The fraction of sp³-hybridized carbons (Fsp3) is 0.200. The SMILES string of the molecule is CC/C=N\NC(=O)c1ccc(Cl)cc1. The van der Waals surface area contributed by atoms with Crippen LogP contribution in [0, 0.1) is 0 Å². The Labute approximate surface area is 87.8 Å². The van der Waals surface area contributed by atoms with Gasteiger partial charge in [-0.05, 0) is 30.7 Å². The molecule has 1 aromatic rings. The number of halogens is 1. The van der Waals surface area contributed by atoms with E-state index in [4.69, 9.17) is 11.6 Å². The van der Waals surface area contributed by atoms with E-state index in [0.717, 1.165) is 6.42 Å². The highest BCUT2D eigenvalue weighted by atomic mass is 35.5. The molecule has 4 heteroatoms. The number of nitrogens with zero attached hydrogens (tertiary/aromatic N) is 1. The van der Waals surface area contributed by atoms with E-state index in [1.807, 2.05) is 6.92 Å². The molecule has 1 amide bonds. The molecule has 14 heavy (non-hydrogen) atoms. The van der Waals surface area contributed by atoms with Crippen LogP contribution in [0.3, 0.4) is 0 Å². The number of amides is 1. The topological polar surface area (TPSA) is 41.5 Å². The van der Waals surface area contributed by atoms with E-state index in [0.29, 0.717) is 10.6 Å². The maximum atomic E-state index is 11.4. The lowest BCUT2D eigenvalue weighted by Gasteiger charge is -1.98. The number of hydrogen-bond acceptors (Lipinski definition) is 2. The van der Waals surface area contributed by atoms with E-state index in [2.05, 4.69) is 10.5 Å². The number of carbonyl (C=O) groups excluding carboxylic acids is 1. The minimum atomic E-state index is -0.230. The molecule has 74 valence electrons. The molecule has 0 saturated carbocycles. The van der Waals surface area contributed by atoms with Crippen LogP contribution in [-0.2, 0) is 0 Å². The Morgan fingerprint density at radius 3 is 2.71 bits per heavy atom. The Morgan fingerprint density at radius 1 is 1.50 bits per heavy atom. The van der Waals surface area contributed by atoms with Crippen LogP contribution in [-0.4, -0.2) is 12.1 Å². The Balaban J connectivity index is 2.61. The fourth-order valence-electron chi connectivity index (χ4n) is 0.861. The predicted octanol–water partition coefficient (Wildman–Crippen LogP) is 2.47. The van der Waals surface area contributed by atoms with Gasteiger partial charge in [-0.15, -0.1) is 0 Å². The molecule has 1 aromatic carbocycles. The second-order valence-electron chi connectivity index (χ2n) is 2.67. The van der Waals surface area contributed by atoms with Gasteiger partial charge in [0.25, 0.3) is 5.91 Å². The normalized spacial score (nSPS) is 10.4. The van der Waals surface area contributed by atoms with Crippen molar-refractivity contribution >= 4 is 23.7 Å². The minimum absolute atomic E-state index is 0.230. The van der Waals surface area contributed by atoms with Crippen molar-refractivity contribution in [3.63, 3.8) is 0 Å². The Kier molecular flexibility index (Phi) is 4.13. The van der Waals surface area contributed by atoms with Gasteiger partial charge < -0.3 is 0 Å². The first-order valence-corrected chi connectivity index (χ1v) is 4.69. The van der Waals surface area contributed by atoms with Crippen LogP contribution in [0.2, 0.25) is 5.02 Å². The number of hydrazone groups is 1. The molecule has 3 nitrogen and oxygen atoms in total. The zero-order valence-electron chi connectivity index (χ0n) is 7.83. The predicted molar refractivity (Wildman–Crippen MR) is 57.7 cm³/mol. The molecule has 1 N–H and O–H groups in total. The summed E-state index contributed by atoms with van der Waals surface area (Å²) in [5.74, 6) is -0.230.